The maximum Gasteiger partial charge on any atom is 0.0757 e. The molecule has 0 aromatic heterocycles. The van der Waals surface area contributed by atoms with E-state index in [2.05, 4.69) is 47.3 Å². The lowest BCUT2D eigenvalue weighted by Crippen LogP contribution is -2.54. The number of aliphatic hydroxyl groups is 2. The summed E-state index contributed by atoms with van der Waals surface area (Å²) in [5.74, 6) is 3.76. The predicted octanol–water partition coefficient (Wildman–Crippen LogP) is 6.53. The molecule has 2 heteroatoms. The normalized spacial score (nSPS) is 46.6. The van der Waals surface area contributed by atoms with Gasteiger partial charge in [-0.05, 0) is 104 Å². The van der Waals surface area contributed by atoms with Crippen LogP contribution in [0, 0.1) is 46.3 Å². The van der Waals surface area contributed by atoms with Crippen molar-refractivity contribution in [1.29, 1.82) is 0 Å². The Bertz CT molecular complexity index is 693. The Kier molecular flexibility index (Phi) is 6.08. The zero-order valence-electron chi connectivity index (χ0n) is 20.2. The standard InChI is InChI=1S/C28H46O2/c1-17(2)18(3)7-8-19(4)22-9-10-23-26-24(12-14-28(22,23)6)27(5)13-11-21(29)15-20(27)16-25(26)30/h16-17,19,21-26,29-30H,3,7-15H2,1-2,4-6H3/t19-,21+,22-,23?,24?,25-,26?,27+,28-/m1/s1. The molecule has 3 fully saturated rings. The van der Waals surface area contributed by atoms with Gasteiger partial charge in [-0.3, -0.25) is 0 Å². The van der Waals surface area contributed by atoms with E-state index >= 15 is 0 Å². The Morgan fingerprint density at radius 1 is 1.07 bits per heavy atom. The molecule has 30 heavy (non-hydrogen) atoms. The molecular weight excluding hydrogens is 368 g/mol. The van der Waals surface area contributed by atoms with E-state index in [-0.39, 0.29) is 17.6 Å². The quantitative estimate of drug-likeness (QED) is 0.502. The van der Waals surface area contributed by atoms with Crippen molar-refractivity contribution in [3.05, 3.63) is 23.8 Å². The van der Waals surface area contributed by atoms with E-state index in [4.69, 9.17) is 0 Å². The fourth-order valence-electron chi connectivity index (χ4n) is 8.51. The number of fused-ring (bicyclic) bond motifs is 5. The van der Waals surface area contributed by atoms with Gasteiger partial charge in [0, 0.05) is 0 Å². The Hall–Kier alpha value is -0.600. The van der Waals surface area contributed by atoms with Crippen LogP contribution in [0.2, 0.25) is 0 Å². The molecule has 4 aliphatic carbocycles. The first-order valence-electron chi connectivity index (χ1n) is 12.8. The van der Waals surface area contributed by atoms with Crippen molar-refractivity contribution in [2.75, 3.05) is 0 Å². The maximum absolute atomic E-state index is 11.3. The number of hydrogen-bond donors (Lipinski definition) is 2. The fraction of sp³-hybridized carbons (Fsp3) is 0.857. The molecule has 0 radical (unpaired) electrons. The highest BCUT2D eigenvalue weighted by Crippen LogP contribution is 2.67. The van der Waals surface area contributed by atoms with Crippen LogP contribution >= 0.6 is 0 Å². The molecule has 3 unspecified atom stereocenters. The summed E-state index contributed by atoms with van der Waals surface area (Å²) in [6.45, 7) is 16.3. The molecule has 0 saturated heterocycles. The fourth-order valence-corrected chi connectivity index (χ4v) is 8.51. The SMILES string of the molecule is C=C(CC[C@@H](C)[C@H]1CCC2C3C(CC[C@@]21C)[C@@]1(C)CC[C@H](O)CC1=C[C@H]3O)C(C)C. The maximum atomic E-state index is 11.3. The van der Waals surface area contributed by atoms with E-state index in [1.165, 1.54) is 43.3 Å². The van der Waals surface area contributed by atoms with Gasteiger partial charge in [-0.25, -0.2) is 0 Å². The summed E-state index contributed by atoms with van der Waals surface area (Å²) in [6.07, 6.45) is 12.1. The van der Waals surface area contributed by atoms with Crippen molar-refractivity contribution in [2.45, 2.75) is 105 Å². The molecule has 0 aromatic carbocycles. The Balaban J connectivity index is 1.54. The van der Waals surface area contributed by atoms with E-state index < -0.39 is 0 Å². The summed E-state index contributed by atoms with van der Waals surface area (Å²) in [7, 11) is 0. The van der Waals surface area contributed by atoms with Gasteiger partial charge in [0.05, 0.1) is 12.2 Å². The van der Waals surface area contributed by atoms with E-state index in [1.54, 1.807) is 0 Å². The molecular formula is C28H46O2. The van der Waals surface area contributed by atoms with Gasteiger partial charge in [0.1, 0.15) is 0 Å². The molecule has 0 heterocycles. The minimum atomic E-state index is -0.317. The second kappa shape index (κ2) is 8.07. The van der Waals surface area contributed by atoms with E-state index in [1.807, 2.05) is 0 Å². The van der Waals surface area contributed by atoms with E-state index in [0.717, 1.165) is 37.5 Å². The van der Waals surface area contributed by atoms with Crippen LogP contribution in [-0.4, -0.2) is 22.4 Å². The van der Waals surface area contributed by atoms with Gasteiger partial charge < -0.3 is 10.2 Å². The third kappa shape index (κ3) is 3.54. The summed E-state index contributed by atoms with van der Waals surface area (Å²) >= 11 is 0. The predicted molar refractivity (Wildman–Crippen MR) is 125 cm³/mol. The van der Waals surface area contributed by atoms with Gasteiger partial charge in [0.2, 0.25) is 0 Å². The molecule has 4 rings (SSSR count). The second-order valence-electron chi connectivity index (χ2n) is 12.3. The van der Waals surface area contributed by atoms with Crippen LogP contribution in [0.15, 0.2) is 23.8 Å². The van der Waals surface area contributed by atoms with Gasteiger partial charge in [0.25, 0.3) is 0 Å². The summed E-state index contributed by atoms with van der Waals surface area (Å²) < 4.78 is 0. The topological polar surface area (TPSA) is 40.5 Å². The van der Waals surface area contributed by atoms with Gasteiger partial charge in [-0.15, -0.1) is 0 Å². The monoisotopic (exact) mass is 414 g/mol. The van der Waals surface area contributed by atoms with Crippen molar-refractivity contribution in [3.63, 3.8) is 0 Å². The zero-order valence-corrected chi connectivity index (χ0v) is 20.2. The molecule has 0 aromatic rings. The highest BCUT2D eigenvalue weighted by Gasteiger charge is 2.61. The zero-order chi connectivity index (χ0) is 21.8. The number of rotatable bonds is 5. The molecule has 4 aliphatic rings. The molecule has 0 amide bonds. The van der Waals surface area contributed by atoms with Crippen LogP contribution in [-0.2, 0) is 0 Å². The second-order valence-corrected chi connectivity index (χ2v) is 12.3. The van der Waals surface area contributed by atoms with Gasteiger partial charge in [0.15, 0.2) is 0 Å². The van der Waals surface area contributed by atoms with Crippen LogP contribution in [0.3, 0.4) is 0 Å². The average molecular weight is 415 g/mol. The first kappa shape index (κ1) is 22.6. The molecule has 0 aliphatic heterocycles. The van der Waals surface area contributed by atoms with Gasteiger partial charge in [-0.1, -0.05) is 58.4 Å². The van der Waals surface area contributed by atoms with Crippen molar-refractivity contribution in [3.8, 4) is 0 Å². The number of aliphatic hydroxyl groups excluding tert-OH is 2. The van der Waals surface area contributed by atoms with Crippen LogP contribution < -0.4 is 0 Å². The van der Waals surface area contributed by atoms with Crippen molar-refractivity contribution in [2.24, 2.45) is 46.3 Å². The van der Waals surface area contributed by atoms with Crippen LogP contribution in [0.1, 0.15) is 92.4 Å². The van der Waals surface area contributed by atoms with Crippen LogP contribution in [0.25, 0.3) is 0 Å². The van der Waals surface area contributed by atoms with Gasteiger partial charge in [-0.2, -0.15) is 0 Å². The molecule has 2 nitrogen and oxygen atoms in total. The van der Waals surface area contributed by atoms with Gasteiger partial charge >= 0.3 is 0 Å². The summed E-state index contributed by atoms with van der Waals surface area (Å²) in [4.78, 5) is 0. The summed E-state index contributed by atoms with van der Waals surface area (Å²) in [5.41, 5.74) is 3.33. The van der Waals surface area contributed by atoms with Crippen molar-refractivity contribution < 1.29 is 10.2 Å². The molecule has 2 N–H and O–H groups in total. The Morgan fingerprint density at radius 3 is 2.50 bits per heavy atom. The third-order valence-electron chi connectivity index (χ3n) is 10.6. The van der Waals surface area contributed by atoms with Crippen molar-refractivity contribution >= 4 is 0 Å². The minimum Gasteiger partial charge on any atom is -0.393 e. The Morgan fingerprint density at radius 2 is 1.80 bits per heavy atom. The third-order valence-corrected chi connectivity index (χ3v) is 10.6. The lowest BCUT2D eigenvalue weighted by atomic mass is 9.46. The smallest absolute Gasteiger partial charge is 0.0757 e. The van der Waals surface area contributed by atoms with E-state index in [9.17, 15) is 10.2 Å². The first-order valence-corrected chi connectivity index (χ1v) is 12.8. The Labute approximate surface area is 185 Å². The molecule has 0 bridgehead atoms. The molecule has 0 spiro atoms. The van der Waals surface area contributed by atoms with E-state index in [0.29, 0.717) is 29.1 Å². The summed E-state index contributed by atoms with van der Waals surface area (Å²) in [6, 6.07) is 0. The lowest BCUT2D eigenvalue weighted by molar-refractivity contribution is -0.0970. The highest BCUT2D eigenvalue weighted by molar-refractivity contribution is 5.28. The highest BCUT2D eigenvalue weighted by atomic mass is 16.3. The van der Waals surface area contributed by atoms with Crippen molar-refractivity contribution in [1.82, 2.24) is 0 Å². The molecule has 3 saturated carbocycles. The largest absolute Gasteiger partial charge is 0.393 e. The molecule has 9 atom stereocenters. The minimum absolute atomic E-state index is 0.198. The number of allylic oxidation sites excluding steroid dienone is 1. The van der Waals surface area contributed by atoms with Crippen LogP contribution in [0.5, 0.6) is 0 Å². The summed E-state index contributed by atoms with van der Waals surface area (Å²) in [5, 5.41) is 21.5. The van der Waals surface area contributed by atoms with Crippen LogP contribution in [0.4, 0.5) is 0 Å². The lowest BCUT2D eigenvalue weighted by Gasteiger charge is -2.59. The average Bonchev–Trinajstić information content (AvgIpc) is 3.04. The first-order chi connectivity index (χ1) is 14.1. The number of hydrogen-bond acceptors (Lipinski definition) is 2. The molecule has 170 valence electrons.